The molecule has 0 bridgehead atoms. The zero-order valence-corrected chi connectivity index (χ0v) is 20.5. The van der Waals surface area contributed by atoms with E-state index in [1.54, 1.807) is 9.80 Å². The molecule has 1 atom stereocenters. The molecule has 0 aliphatic carbocycles. The molecule has 0 aromatic carbocycles. The summed E-state index contributed by atoms with van der Waals surface area (Å²) >= 11 is 0. The second kappa shape index (κ2) is 16.1. The molecular formula is C26H46N2O4. The standard InChI is InChI=1S/C26H46N2O4/c1-2-3-4-5-6-7-8-9-10-11-12-15-21-32-25(30)22-27-19-14-13-17-23(26(27)31)28-20-16-18-24(28)29/h23H,2-22H2,1H3. The van der Waals surface area contributed by atoms with Crippen LogP contribution in [0.4, 0.5) is 0 Å². The lowest BCUT2D eigenvalue weighted by Gasteiger charge is -2.29. The van der Waals surface area contributed by atoms with Crippen LogP contribution in [-0.4, -0.2) is 59.9 Å². The molecule has 2 aliphatic rings. The molecule has 0 saturated carbocycles. The van der Waals surface area contributed by atoms with Gasteiger partial charge in [-0.1, -0.05) is 77.6 Å². The highest BCUT2D eigenvalue weighted by Gasteiger charge is 2.36. The van der Waals surface area contributed by atoms with Crippen LogP contribution in [0.5, 0.6) is 0 Å². The zero-order chi connectivity index (χ0) is 23.0. The first-order chi connectivity index (χ1) is 15.6. The largest absolute Gasteiger partial charge is 0.464 e. The molecule has 2 saturated heterocycles. The third-order valence-electron chi connectivity index (χ3n) is 6.82. The number of carbonyl (C=O) groups is 3. The predicted molar refractivity (Wildman–Crippen MR) is 127 cm³/mol. The summed E-state index contributed by atoms with van der Waals surface area (Å²) in [7, 11) is 0. The number of amides is 2. The van der Waals surface area contributed by atoms with Crippen molar-refractivity contribution in [1.82, 2.24) is 9.80 Å². The molecule has 1 unspecified atom stereocenters. The molecule has 0 aromatic rings. The number of rotatable bonds is 16. The van der Waals surface area contributed by atoms with E-state index in [1.165, 1.54) is 64.2 Å². The van der Waals surface area contributed by atoms with Crippen molar-refractivity contribution in [2.24, 2.45) is 0 Å². The summed E-state index contributed by atoms with van der Waals surface area (Å²) in [6, 6.07) is -0.392. The third kappa shape index (κ3) is 9.91. The van der Waals surface area contributed by atoms with Crippen molar-refractivity contribution in [2.75, 3.05) is 26.2 Å². The van der Waals surface area contributed by atoms with Crippen LogP contribution in [0.3, 0.4) is 0 Å². The molecule has 2 heterocycles. The second-order valence-corrected chi connectivity index (χ2v) is 9.57. The first-order valence-electron chi connectivity index (χ1n) is 13.4. The maximum absolute atomic E-state index is 12.9. The van der Waals surface area contributed by atoms with Gasteiger partial charge in [-0.3, -0.25) is 14.4 Å². The van der Waals surface area contributed by atoms with Crippen LogP contribution >= 0.6 is 0 Å². The lowest BCUT2D eigenvalue weighted by atomic mass is 10.1. The van der Waals surface area contributed by atoms with Gasteiger partial charge in [-0.2, -0.15) is 0 Å². The highest BCUT2D eigenvalue weighted by atomic mass is 16.5. The SMILES string of the molecule is CCCCCCCCCCCCCCOC(=O)CN1CCCCC(N2CCCC2=O)C1=O. The quantitative estimate of drug-likeness (QED) is 0.238. The Hall–Kier alpha value is -1.59. The fraction of sp³-hybridized carbons (Fsp3) is 0.885. The van der Waals surface area contributed by atoms with Gasteiger partial charge in [0.2, 0.25) is 11.8 Å². The molecular weight excluding hydrogens is 404 g/mol. The van der Waals surface area contributed by atoms with Crippen LogP contribution in [0.15, 0.2) is 0 Å². The van der Waals surface area contributed by atoms with Gasteiger partial charge >= 0.3 is 5.97 Å². The smallest absolute Gasteiger partial charge is 0.325 e. The monoisotopic (exact) mass is 450 g/mol. The summed E-state index contributed by atoms with van der Waals surface area (Å²) in [4.78, 5) is 40.6. The maximum Gasteiger partial charge on any atom is 0.325 e. The number of likely N-dealkylation sites (tertiary alicyclic amines) is 2. The van der Waals surface area contributed by atoms with Gasteiger partial charge in [0, 0.05) is 19.5 Å². The Morgan fingerprint density at radius 2 is 1.47 bits per heavy atom. The van der Waals surface area contributed by atoms with E-state index in [1.807, 2.05) is 0 Å². The van der Waals surface area contributed by atoms with Gasteiger partial charge in [0.05, 0.1) is 6.61 Å². The van der Waals surface area contributed by atoms with E-state index >= 15 is 0 Å². The number of carbonyl (C=O) groups excluding carboxylic acids is 3. The van der Waals surface area contributed by atoms with Gasteiger partial charge in [0.15, 0.2) is 0 Å². The van der Waals surface area contributed by atoms with E-state index in [4.69, 9.17) is 4.74 Å². The lowest BCUT2D eigenvalue weighted by Crippen LogP contribution is -2.49. The van der Waals surface area contributed by atoms with Crippen molar-refractivity contribution in [1.29, 1.82) is 0 Å². The van der Waals surface area contributed by atoms with Crippen LogP contribution in [0, 0.1) is 0 Å². The number of ether oxygens (including phenoxy) is 1. The van der Waals surface area contributed by atoms with E-state index < -0.39 is 6.04 Å². The van der Waals surface area contributed by atoms with E-state index in [-0.39, 0.29) is 24.3 Å². The highest BCUT2D eigenvalue weighted by molar-refractivity contribution is 5.90. The minimum atomic E-state index is -0.392. The van der Waals surface area contributed by atoms with Gasteiger partial charge < -0.3 is 14.5 Å². The fourth-order valence-electron chi connectivity index (χ4n) is 4.86. The average Bonchev–Trinajstić information content (AvgIpc) is 3.12. The van der Waals surface area contributed by atoms with Gasteiger partial charge in [0.25, 0.3) is 0 Å². The highest BCUT2D eigenvalue weighted by Crippen LogP contribution is 2.22. The van der Waals surface area contributed by atoms with Gasteiger partial charge in [-0.25, -0.2) is 0 Å². The average molecular weight is 451 g/mol. The molecule has 184 valence electrons. The zero-order valence-electron chi connectivity index (χ0n) is 20.5. The molecule has 0 spiro atoms. The summed E-state index contributed by atoms with van der Waals surface area (Å²) in [5.74, 6) is -0.338. The molecule has 2 rings (SSSR count). The Kier molecular flexibility index (Phi) is 13.4. The molecule has 2 aliphatic heterocycles. The van der Waals surface area contributed by atoms with Crippen molar-refractivity contribution in [2.45, 2.75) is 122 Å². The minimum Gasteiger partial charge on any atom is -0.464 e. The Morgan fingerprint density at radius 1 is 0.844 bits per heavy atom. The molecule has 0 aromatic heterocycles. The Morgan fingerprint density at radius 3 is 2.06 bits per heavy atom. The van der Waals surface area contributed by atoms with E-state index in [2.05, 4.69) is 6.92 Å². The topological polar surface area (TPSA) is 66.9 Å². The molecule has 2 amide bonds. The Bertz CT molecular complexity index is 566. The summed E-state index contributed by atoms with van der Waals surface area (Å²) in [6.07, 6.45) is 19.1. The summed E-state index contributed by atoms with van der Waals surface area (Å²) in [6.45, 7) is 3.94. The van der Waals surface area contributed by atoms with Crippen LogP contribution in [0.1, 0.15) is 116 Å². The number of hydrogen-bond acceptors (Lipinski definition) is 4. The van der Waals surface area contributed by atoms with Gasteiger partial charge in [-0.15, -0.1) is 0 Å². The number of esters is 1. The predicted octanol–water partition coefficient (Wildman–Crippen LogP) is 5.23. The molecule has 0 radical (unpaired) electrons. The van der Waals surface area contributed by atoms with Crippen LogP contribution in [-0.2, 0) is 19.1 Å². The molecule has 6 heteroatoms. The van der Waals surface area contributed by atoms with E-state index in [9.17, 15) is 14.4 Å². The van der Waals surface area contributed by atoms with Crippen LogP contribution in [0.25, 0.3) is 0 Å². The lowest BCUT2D eigenvalue weighted by molar-refractivity contribution is -0.151. The van der Waals surface area contributed by atoms with Crippen molar-refractivity contribution >= 4 is 17.8 Å². The normalized spacial score (nSPS) is 19.5. The fourth-order valence-corrected chi connectivity index (χ4v) is 4.86. The molecule has 0 N–H and O–H groups in total. The number of hydrogen-bond donors (Lipinski definition) is 0. The van der Waals surface area contributed by atoms with Crippen molar-refractivity contribution in [3.05, 3.63) is 0 Å². The first kappa shape index (κ1) is 26.7. The first-order valence-corrected chi connectivity index (χ1v) is 13.4. The summed E-state index contributed by atoms with van der Waals surface area (Å²) in [5, 5.41) is 0. The summed E-state index contributed by atoms with van der Waals surface area (Å²) < 4.78 is 5.39. The minimum absolute atomic E-state index is 0.00954. The second-order valence-electron chi connectivity index (χ2n) is 9.57. The third-order valence-corrected chi connectivity index (χ3v) is 6.82. The van der Waals surface area contributed by atoms with Crippen LogP contribution in [0.2, 0.25) is 0 Å². The summed E-state index contributed by atoms with van der Waals surface area (Å²) in [5.41, 5.74) is 0. The maximum atomic E-state index is 12.9. The molecule has 6 nitrogen and oxygen atoms in total. The van der Waals surface area contributed by atoms with Crippen molar-refractivity contribution in [3.63, 3.8) is 0 Å². The number of nitrogens with zero attached hydrogens (tertiary/aromatic N) is 2. The molecule has 32 heavy (non-hydrogen) atoms. The molecule has 2 fully saturated rings. The van der Waals surface area contributed by atoms with E-state index in [0.717, 1.165) is 32.1 Å². The Labute approximate surface area is 195 Å². The van der Waals surface area contributed by atoms with Gasteiger partial charge in [0.1, 0.15) is 12.6 Å². The van der Waals surface area contributed by atoms with Gasteiger partial charge in [-0.05, 0) is 32.1 Å². The Balaban J connectivity index is 1.51. The number of unbranched alkanes of at least 4 members (excludes halogenated alkanes) is 11. The van der Waals surface area contributed by atoms with Crippen LogP contribution < -0.4 is 0 Å². The van der Waals surface area contributed by atoms with E-state index in [0.29, 0.717) is 32.5 Å². The van der Waals surface area contributed by atoms with Crippen molar-refractivity contribution in [3.8, 4) is 0 Å². The van der Waals surface area contributed by atoms with Crippen molar-refractivity contribution < 1.29 is 19.1 Å².